The third kappa shape index (κ3) is 2.61. The number of hydrogen-bond donors (Lipinski definition) is 2. The van der Waals surface area contributed by atoms with E-state index in [2.05, 4.69) is 11.2 Å². The lowest BCUT2D eigenvalue weighted by Gasteiger charge is -2.07. The Morgan fingerprint density at radius 3 is 2.86 bits per heavy atom. The maximum atomic E-state index is 11.2. The van der Waals surface area contributed by atoms with Crippen molar-refractivity contribution in [3.05, 3.63) is 29.8 Å². The van der Waals surface area contributed by atoms with Gasteiger partial charge in [-0.1, -0.05) is 24.1 Å². The lowest BCUT2D eigenvalue weighted by atomic mass is 10.2. The molecule has 0 heterocycles. The van der Waals surface area contributed by atoms with Gasteiger partial charge in [0.25, 0.3) is 0 Å². The molecule has 3 heteroatoms. The molecule has 72 valence electrons. The van der Waals surface area contributed by atoms with E-state index in [-0.39, 0.29) is 12.3 Å². The molecule has 0 spiro atoms. The van der Waals surface area contributed by atoms with Crippen molar-refractivity contribution < 1.29 is 4.79 Å². The van der Waals surface area contributed by atoms with E-state index in [1.54, 1.807) is 6.07 Å². The van der Waals surface area contributed by atoms with Crippen LogP contribution in [0.4, 0.5) is 5.69 Å². The Labute approximate surface area is 83.3 Å². The lowest BCUT2D eigenvalue weighted by molar-refractivity contribution is -0.115. The zero-order valence-electron chi connectivity index (χ0n) is 7.79. The van der Waals surface area contributed by atoms with Gasteiger partial charge in [0.1, 0.15) is 0 Å². The third-order valence-electron chi connectivity index (χ3n) is 1.77. The van der Waals surface area contributed by atoms with Crippen molar-refractivity contribution in [2.24, 2.45) is 5.73 Å². The summed E-state index contributed by atoms with van der Waals surface area (Å²) >= 11 is 0. The first kappa shape index (κ1) is 10.3. The minimum Gasteiger partial charge on any atom is -0.326 e. The van der Waals surface area contributed by atoms with Crippen LogP contribution in [0.3, 0.4) is 0 Å². The third-order valence-corrected chi connectivity index (χ3v) is 1.77. The topological polar surface area (TPSA) is 55.1 Å². The molecule has 1 amide bonds. The van der Waals surface area contributed by atoms with Gasteiger partial charge in [0, 0.05) is 12.2 Å². The Balaban J connectivity index is 2.76. The molecule has 0 unspecified atom stereocenters. The number of carbonyl (C=O) groups excluding carboxylic acids is 1. The van der Waals surface area contributed by atoms with E-state index in [4.69, 9.17) is 12.2 Å². The van der Waals surface area contributed by atoms with Gasteiger partial charge in [-0.2, -0.15) is 0 Å². The van der Waals surface area contributed by atoms with Gasteiger partial charge in [-0.3, -0.25) is 4.79 Å². The Hall–Kier alpha value is -1.79. The maximum Gasteiger partial charge on any atom is 0.236 e. The molecular formula is C11H12N2O. The fourth-order valence-electron chi connectivity index (χ4n) is 1.11. The lowest BCUT2D eigenvalue weighted by Crippen LogP contribution is -2.12. The maximum absolute atomic E-state index is 11.2. The highest BCUT2D eigenvalue weighted by Gasteiger charge is 2.03. The van der Waals surface area contributed by atoms with Gasteiger partial charge in [-0.15, -0.1) is 6.42 Å². The van der Waals surface area contributed by atoms with Crippen LogP contribution in [0.25, 0.3) is 0 Å². The molecule has 1 rings (SSSR count). The van der Waals surface area contributed by atoms with Crippen molar-refractivity contribution in [1.82, 2.24) is 0 Å². The summed E-state index contributed by atoms with van der Waals surface area (Å²) < 4.78 is 0. The number of amides is 1. The monoisotopic (exact) mass is 188 g/mol. The Morgan fingerprint density at radius 2 is 2.21 bits per heavy atom. The Morgan fingerprint density at radius 1 is 1.50 bits per heavy atom. The molecule has 0 aliphatic heterocycles. The first-order valence-electron chi connectivity index (χ1n) is 4.29. The van der Waals surface area contributed by atoms with Crippen molar-refractivity contribution in [3.8, 4) is 12.3 Å². The molecule has 3 N–H and O–H groups in total. The molecule has 1 aromatic rings. The highest BCUT2D eigenvalue weighted by Crippen LogP contribution is 2.13. The van der Waals surface area contributed by atoms with Gasteiger partial charge >= 0.3 is 0 Å². The molecule has 0 aliphatic carbocycles. The summed E-state index contributed by atoms with van der Waals surface area (Å²) in [4.78, 5) is 11.2. The zero-order chi connectivity index (χ0) is 10.4. The number of terminal acetylenes is 1. The van der Waals surface area contributed by atoms with Crippen LogP contribution in [0.5, 0.6) is 0 Å². The number of para-hydroxylation sites is 1. The van der Waals surface area contributed by atoms with Crippen LogP contribution in [-0.2, 0) is 11.3 Å². The number of rotatable bonds is 3. The standard InChI is InChI=1S/C11H12N2O/c1-2-5-11(14)13-10-7-4-3-6-9(10)8-12/h1,3-4,6-7H,5,8,12H2,(H,13,14). The van der Waals surface area contributed by atoms with Crippen LogP contribution < -0.4 is 11.1 Å². The smallest absolute Gasteiger partial charge is 0.236 e. The van der Waals surface area contributed by atoms with Crippen molar-refractivity contribution in [3.63, 3.8) is 0 Å². The second-order valence-corrected chi connectivity index (χ2v) is 2.79. The Kier molecular flexibility index (Phi) is 3.71. The minimum atomic E-state index is -0.187. The molecule has 1 aromatic carbocycles. The normalized spacial score (nSPS) is 9.14. The molecular weight excluding hydrogens is 176 g/mol. The number of nitrogens with two attached hydrogens (primary N) is 1. The largest absolute Gasteiger partial charge is 0.326 e. The highest BCUT2D eigenvalue weighted by molar-refractivity contribution is 5.92. The van der Waals surface area contributed by atoms with E-state index in [1.165, 1.54) is 0 Å². The van der Waals surface area contributed by atoms with Gasteiger partial charge in [0.2, 0.25) is 5.91 Å². The summed E-state index contributed by atoms with van der Waals surface area (Å²) in [5, 5.41) is 2.70. The summed E-state index contributed by atoms with van der Waals surface area (Å²) in [5.74, 6) is 2.10. The van der Waals surface area contributed by atoms with E-state index in [0.29, 0.717) is 6.54 Å². The average Bonchev–Trinajstić information content (AvgIpc) is 2.19. The minimum absolute atomic E-state index is 0.0822. The number of carbonyl (C=O) groups is 1. The van der Waals surface area contributed by atoms with Crippen molar-refractivity contribution in [1.29, 1.82) is 0 Å². The number of benzene rings is 1. The summed E-state index contributed by atoms with van der Waals surface area (Å²) in [5.41, 5.74) is 7.14. The van der Waals surface area contributed by atoms with Crippen molar-refractivity contribution in [2.75, 3.05) is 5.32 Å². The number of hydrogen-bond acceptors (Lipinski definition) is 2. The van der Waals surface area contributed by atoms with Crippen LogP contribution in [0, 0.1) is 12.3 Å². The number of anilines is 1. The predicted octanol–water partition coefficient (Wildman–Crippen LogP) is 1.11. The molecule has 0 saturated heterocycles. The molecule has 0 saturated carbocycles. The molecule has 0 fully saturated rings. The van der Waals surface area contributed by atoms with Gasteiger partial charge in [0.15, 0.2) is 0 Å². The zero-order valence-corrected chi connectivity index (χ0v) is 7.79. The van der Waals surface area contributed by atoms with Gasteiger partial charge in [-0.05, 0) is 11.6 Å². The van der Waals surface area contributed by atoms with Gasteiger partial charge < -0.3 is 11.1 Å². The number of nitrogens with one attached hydrogen (secondary N) is 1. The molecule has 0 aliphatic rings. The van der Waals surface area contributed by atoms with Crippen LogP contribution in [0.1, 0.15) is 12.0 Å². The molecule has 0 atom stereocenters. The fourth-order valence-corrected chi connectivity index (χ4v) is 1.11. The Bertz CT molecular complexity index is 366. The van der Waals surface area contributed by atoms with E-state index in [0.717, 1.165) is 11.3 Å². The van der Waals surface area contributed by atoms with E-state index < -0.39 is 0 Å². The van der Waals surface area contributed by atoms with Crippen LogP contribution in [-0.4, -0.2) is 5.91 Å². The van der Waals surface area contributed by atoms with Crippen LogP contribution in [0.2, 0.25) is 0 Å². The summed E-state index contributed by atoms with van der Waals surface area (Å²) in [6.07, 6.45) is 5.10. The quantitative estimate of drug-likeness (QED) is 0.698. The molecule has 3 nitrogen and oxygen atoms in total. The first-order valence-corrected chi connectivity index (χ1v) is 4.29. The molecule has 0 aromatic heterocycles. The summed E-state index contributed by atoms with van der Waals surface area (Å²) in [7, 11) is 0. The van der Waals surface area contributed by atoms with E-state index in [1.807, 2.05) is 18.2 Å². The van der Waals surface area contributed by atoms with E-state index >= 15 is 0 Å². The van der Waals surface area contributed by atoms with E-state index in [9.17, 15) is 4.79 Å². The van der Waals surface area contributed by atoms with Crippen molar-refractivity contribution >= 4 is 11.6 Å². The second kappa shape index (κ2) is 5.05. The molecule has 14 heavy (non-hydrogen) atoms. The summed E-state index contributed by atoms with van der Waals surface area (Å²) in [6.45, 7) is 0.395. The summed E-state index contributed by atoms with van der Waals surface area (Å²) in [6, 6.07) is 7.38. The van der Waals surface area contributed by atoms with Crippen LogP contribution in [0.15, 0.2) is 24.3 Å². The predicted molar refractivity (Wildman–Crippen MR) is 56.4 cm³/mol. The van der Waals surface area contributed by atoms with Crippen LogP contribution >= 0.6 is 0 Å². The van der Waals surface area contributed by atoms with Gasteiger partial charge in [-0.25, -0.2) is 0 Å². The molecule has 0 radical (unpaired) electrons. The average molecular weight is 188 g/mol. The first-order chi connectivity index (χ1) is 6.77. The SMILES string of the molecule is C#CCC(=O)Nc1ccccc1CN. The van der Waals surface area contributed by atoms with Gasteiger partial charge in [0.05, 0.1) is 6.42 Å². The van der Waals surface area contributed by atoms with Crippen molar-refractivity contribution in [2.45, 2.75) is 13.0 Å². The second-order valence-electron chi connectivity index (χ2n) is 2.79. The highest BCUT2D eigenvalue weighted by atomic mass is 16.1. The fraction of sp³-hybridized carbons (Fsp3) is 0.182. The molecule has 0 bridgehead atoms.